The predicted octanol–water partition coefficient (Wildman–Crippen LogP) is 1.13. The quantitative estimate of drug-likeness (QED) is 0.850. The summed E-state index contributed by atoms with van der Waals surface area (Å²) in [5.74, 6) is -0.122. The number of carbonyl (C=O) groups is 1. The molecule has 1 aliphatic rings. The van der Waals surface area contributed by atoms with E-state index in [1.807, 2.05) is 6.07 Å². The number of carbonyl (C=O) groups excluding carboxylic acids is 1. The van der Waals surface area contributed by atoms with Crippen LogP contribution in [0.5, 0.6) is 0 Å². The molecule has 0 amide bonds. The Morgan fingerprint density at radius 1 is 1.21 bits per heavy atom. The van der Waals surface area contributed by atoms with Gasteiger partial charge >= 0.3 is 11.7 Å². The van der Waals surface area contributed by atoms with E-state index in [0.29, 0.717) is 23.9 Å². The standard InChI is InChI=1S/C17H21N3O4/c1-19-14-10-11(6-7-13(14)16(22)20(2)17(19)23)18-9-8-12-4-3-5-15(21)24-12/h6-7,10,12,18H,3-5,8-9H2,1-2H3. The van der Waals surface area contributed by atoms with E-state index in [1.165, 1.54) is 11.6 Å². The van der Waals surface area contributed by atoms with E-state index in [0.717, 1.165) is 29.5 Å². The number of cyclic esters (lactones) is 1. The lowest BCUT2D eigenvalue weighted by molar-refractivity contribution is -0.153. The number of hydrogen-bond donors (Lipinski definition) is 1. The van der Waals surface area contributed by atoms with Gasteiger partial charge < -0.3 is 10.1 Å². The van der Waals surface area contributed by atoms with Gasteiger partial charge in [-0.05, 0) is 31.0 Å². The van der Waals surface area contributed by atoms with Crippen LogP contribution < -0.4 is 16.6 Å². The van der Waals surface area contributed by atoms with E-state index in [-0.39, 0.29) is 23.3 Å². The summed E-state index contributed by atoms with van der Waals surface area (Å²) in [4.78, 5) is 35.4. The highest BCUT2D eigenvalue weighted by atomic mass is 16.5. The van der Waals surface area contributed by atoms with Crippen molar-refractivity contribution in [2.45, 2.75) is 31.8 Å². The molecule has 1 aromatic carbocycles. The fraction of sp³-hybridized carbons (Fsp3) is 0.471. The van der Waals surface area contributed by atoms with Gasteiger partial charge in [0.05, 0.1) is 10.9 Å². The molecule has 0 radical (unpaired) electrons. The molecule has 128 valence electrons. The molecular formula is C17H21N3O4. The van der Waals surface area contributed by atoms with Crippen LogP contribution in [-0.4, -0.2) is 27.8 Å². The fourth-order valence-electron chi connectivity index (χ4n) is 3.05. The molecule has 1 atom stereocenters. The zero-order chi connectivity index (χ0) is 17.3. The van der Waals surface area contributed by atoms with Gasteiger partial charge in [-0.3, -0.25) is 18.7 Å². The molecule has 1 N–H and O–H groups in total. The van der Waals surface area contributed by atoms with E-state index in [1.54, 1.807) is 19.2 Å². The maximum atomic E-state index is 12.1. The second kappa shape index (κ2) is 6.51. The number of aryl methyl sites for hydroxylation is 1. The largest absolute Gasteiger partial charge is 0.462 e. The van der Waals surface area contributed by atoms with Gasteiger partial charge in [0.25, 0.3) is 5.56 Å². The Morgan fingerprint density at radius 3 is 2.75 bits per heavy atom. The van der Waals surface area contributed by atoms with Crippen LogP contribution in [-0.2, 0) is 23.6 Å². The molecule has 24 heavy (non-hydrogen) atoms. The van der Waals surface area contributed by atoms with Crippen molar-refractivity contribution in [2.75, 3.05) is 11.9 Å². The highest BCUT2D eigenvalue weighted by Crippen LogP contribution is 2.18. The number of ether oxygens (including phenoxy) is 1. The zero-order valence-electron chi connectivity index (χ0n) is 13.9. The minimum atomic E-state index is -0.348. The van der Waals surface area contributed by atoms with Crippen molar-refractivity contribution in [1.82, 2.24) is 9.13 Å². The number of aromatic nitrogens is 2. The van der Waals surface area contributed by atoms with Gasteiger partial charge in [-0.25, -0.2) is 4.79 Å². The number of fused-ring (bicyclic) bond motifs is 1. The Morgan fingerprint density at radius 2 is 2.00 bits per heavy atom. The average molecular weight is 331 g/mol. The molecule has 1 aromatic heterocycles. The molecule has 1 fully saturated rings. The molecule has 0 bridgehead atoms. The Labute approximate surface area is 138 Å². The smallest absolute Gasteiger partial charge is 0.330 e. The molecule has 7 heteroatoms. The molecule has 1 saturated heterocycles. The maximum absolute atomic E-state index is 12.1. The summed E-state index contributed by atoms with van der Waals surface area (Å²) in [6.45, 7) is 0.655. The Hall–Kier alpha value is -2.57. The van der Waals surface area contributed by atoms with Gasteiger partial charge in [0, 0.05) is 39.2 Å². The van der Waals surface area contributed by atoms with Crippen LogP contribution in [0, 0.1) is 0 Å². The van der Waals surface area contributed by atoms with Gasteiger partial charge in [0.2, 0.25) is 0 Å². The molecule has 1 aliphatic heterocycles. The molecular weight excluding hydrogens is 310 g/mol. The SMILES string of the molecule is Cn1c(=O)c2ccc(NCCC3CCCC(=O)O3)cc2n(C)c1=O. The first-order valence-electron chi connectivity index (χ1n) is 8.10. The van der Waals surface area contributed by atoms with Gasteiger partial charge in [0.1, 0.15) is 6.10 Å². The van der Waals surface area contributed by atoms with Gasteiger partial charge in [-0.2, -0.15) is 0 Å². The van der Waals surface area contributed by atoms with Crippen molar-refractivity contribution >= 4 is 22.6 Å². The number of hydrogen-bond acceptors (Lipinski definition) is 5. The van der Waals surface area contributed by atoms with Crippen molar-refractivity contribution in [1.29, 1.82) is 0 Å². The van der Waals surface area contributed by atoms with Gasteiger partial charge in [-0.15, -0.1) is 0 Å². The third-order valence-electron chi connectivity index (χ3n) is 4.47. The molecule has 7 nitrogen and oxygen atoms in total. The van der Waals surface area contributed by atoms with Crippen molar-refractivity contribution in [3.8, 4) is 0 Å². The molecule has 0 spiro atoms. The summed E-state index contributed by atoms with van der Waals surface area (Å²) in [7, 11) is 3.12. The maximum Gasteiger partial charge on any atom is 0.330 e. The van der Waals surface area contributed by atoms with Crippen LogP contribution in [0.2, 0.25) is 0 Å². The number of nitrogens with one attached hydrogen (secondary N) is 1. The van der Waals surface area contributed by atoms with Crippen molar-refractivity contribution < 1.29 is 9.53 Å². The van der Waals surface area contributed by atoms with Gasteiger partial charge in [-0.1, -0.05) is 0 Å². The summed E-state index contributed by atoms with van der Waals surface area (Å²) < 4.78 is 7.86. The van der Waals surface area contributed by atoms with E-state index in [9.17, 15) is 14.4 Å². The van der Waals surface area contributed by atoms with Gasteiger partial charge in [0.15, 0.2) is 0 Å². The van der Waals surface area contributed by atoms with Crippen molar-refractivity contribution in [3.05, 3.63) is 39.0 Å². The Kier molecular flexibility index (Phi) is 4.42. The lowest BCUT2D eigenvalue weighted by atomic mass is 10.1. The highest BCUT2D eigenvalue weighted by Gasteiger charge is 2.19. The number of benzene rings is 1. The Balaban J connectivity index is 1.75. The number of anilines is 1. The van der Waals surface area contributed by atoms with Crippen LogP contribution in [0.3, 0.4) is 0 Å². The lowest BCUT2D eigenvalue weighted by Crippen LogP contribution is -2.36. The summed E-state index contributed by atoms with van der Waals surface area (Å²) in [5, 5.41) is 3.77. The topological polar surface area (TPSA) is 82.3 Å². The van der Waals surface area contributed by atoms with Crippen LogP contribution in [0.25, 0.3) is 10.9 Å². The average Bonchev–Trinajstić information content (AvgIpc) is 2.58. The summed E-state index contributed by atoms with van der Waals surface area (Å²) in [6.07, 6.45) is 2.99. The second-order valence-electron chi connectivity index (χ2n) is 6.16. The third kappa shape index (κ3) is 3.06. The molecule has 3 rings (SSSR count). The first kappa shape index (κ1) is 16.3. The summed E-state index contributed by atoms with van der Waals surface area (Å²) >= 11 is 0. The number of nitrogens with zero attached hydrogens (tertiary/aromatic N) is 2. The first-order valence-corrected chi connectivity index (χ1v) is 8.10. The van der Waals surface area contributed by atoms with Crippen LogP contribution in [0.4, 0.5) is 5.69 Å². The monoisotopic (exact) mass is 331 g/mol. The minimum Gasteiger partial charge on any atom is -0.462 e. The summed E-state index contributed by atoms with van der Waals surface area (Å²) in [6, 6.07) is 5.34. The first-order chi connectivity index (χ1) is 11.5. The fourth-order valence-corrected chi connectivity index (χ4v) is 3.05. The number of rotatable bonds is 4. The minimum absolute atomic E-state index is 0.0316. The lowest BCUT2D eigenvalue weighted by Gasteiger charge is -2.22. The summed E-state index contributed by atoms with van der Waals surface area (Å²) in [5.41, 5.74) is 0.776. The second-order valence-corrected chi connectivity index (χ2v) is 6.16. The Bertz CT molecular complexity index is 897. The van der Waals surface area contributed by atoms with Crippen LogP contribution in [0.1, 0.15) is 25.7 Å². The molecule has 2 aromatic rings. The van der Waals surface area contributed by atoms with Crippen molar-refractivity contribution in [3.63, 3.8) is 0 Å². The molecule has 1 unspecified atom stereocenters. The van der Waals surface area contributed by atoms with Crippen LogP contribution >= 0.6 is 0 Å². The van der Waals surface area contributed by atoms with E-state index in [2.05, 4.69) is 5.32 Å². The zero-order valence-corrected chi connectivity index (χ0v) is 13.9. The van der Waals surface area contributed by atoms with E-state index < -0.39 is 0 Å². The molecule has 0 saturated carbocycles. The van der Waals surface area contributed by atoms with Crippen molar-refractivity contribution in [2.24, 2.45) is 14.1 Å². The van der Waals surface area contributed by atoms with Crippen LogP contribution in [0.15, 0.2) is 27.8 Å². The highest BCUT2D eigenvalue weighted by molar-refractivity contribution is 5.81. The molecule has 0 aliphatic carbocycles. The normalized spacial score (nSPS) is 17.8. The van der Waals surface area contributed by atoms with E-state index in [4.69, 9.17) is 4.74 Å². The number of esters is 1. The molecule has 2 heterocycles. The predicted molar refractivity (Wildman–Crippen MR) is 91.3 cm³/mol. The third-order valence-corrected chi connectivity index (χ3v) is 4.47. The van der Waals surface area contributed by atoms with E-state index >= 15 is 0 Å².